The minimum absolute atomic E-state index is 0.00640. The van der Waals surface area contributed by atoms with Crippen LogP contribution >= 0.6 is 0 Å². The molecule has 0 spiro atoms. The molecule has 8 heteroatoms. The summed E-state index contributed by atoms with van der Waals surface area (Å²) in [5.74, 6) is 0.0705. The molecule has 5 aliphatic carbocycles. The van der Waals surface area contributed by atoms with E-state index in [1.165, 1.54) is 5.57 Å². The Morgan fingerprint density at radius 3 is 2.29 bits per heavy atom. The first kappa shape index (κ1) is 38.2. The van der Waals surface area contributed by atoms with E-state index in [2.05, 4.69) is 58.8 Å². The number of aliphatic hydroxyl groups excluding tert-OH is 1. The minimum Gasteiger partial charge on any atom is -0.481 e. The number of esters is 1. The maximum absolute atomic E-state index is 14.0. The van der Waals surface area contributed by atoms with E-state index in [0.29, 0.717) is 31.3 Å². The van der Waals surface area contributed by atoms with Crippen LogP contribution in [0.5, 0.6) is 0 Å². The molecule has 1 aromatic rings. The van der Waals surface area contributed by atoms with E-state index in [9.17, 15) is 24.6 Å². The highest BCUT2D eigenvalue weighted by Crippen LogP contribution is 2.77. The average molecular weight is 705 g/mol. The average Bonchev–Trinajstić information content (AvgIpc) is 3.36. The fraction of sp³-hybridized carbons (Fsp3) is 0.767. The van der Waals surface area contributed by atoms with Gasteiger partial charge in [-0.1, -0.05) is 54.0 Å². The lowest BCUT2D eigenvalue weighted by atomic mass is 9.33. The van der Waals surface area contributed by atoms with Gasteiger partial charge >= 0.3 is 11.9 Å². The van der Waals surface area contributed by atoms with Crippen molar-refractivity contribution in [2.75, 3.05) is 6.54 Å². The number of hydrogen-bond donors (Lipinski definition) is 3. The summed E-state index contributed by atoms with van der Waals surface area (Å²) < 4.78 is 6.16. The predicted molar refractivity (Wildman–Crippen MR) is 197 cm³/mol. The molecule has 51 heavy (non-hydrogen) atoms. The number of pyridine rings is 1. The predicted octanol–water partition coefficient (Wildman–Crippen LogP) is 7.93. The second kappa shape index (κ2) is 13.1. The first-order chi connectivity index (χ1) is 23.7. The Morgan fingerprint density at radius 2 is 1.65 bits per heavy atom. The molecule has 0 aromatic carbocycles. The number of carboxylic acids is 1. The van der Waals surface area contributed by atoms with Gasteiger partial charge in [-0.05, 0) is 128 Å². The van der Waals surface area contributed by atoms with Crippen molar-refractivity contribution in [1.29, 1.82) is 0 Å². The van der Waals surface area contributed by atoms with Crippen LogP contribution in [0.3, 0.4) is 0 Å². The third-order valence-corrected chi connectivity index (χ3v) is 15.9. The summed E-state index contributed by atoms with van der Waals surface area (Å²) in [4.78, 5) is 42.9. The number of carboxylic acid groups (broad SMARTS) is 1. The van der Waals surface area contributed by atoms with E-state index >= 15 is 0 Å². The Hall–Kier alpha value is -2.58. The van der Waals surface area contributed by atoms with Crippen molar-refractivity contribution in [2.24, 2.45) is 56.2 Å². The number of fused-ring (bicyclic) bond motifs is 7. The fourth-order valence-corrected chi connectivity index (χ4v) is 13.0. The van der Waals surface area contributed by atoms with Gasteiger partial charge in [0.2, 0.25) is 0 Å². The number of nitrogens with zero attached hydrogens (tertiary/aromatic N) is 1. The molecule has 0 radical (unpaired) electrons. The van der Waals surface area contributed by atoms with Crippen molar-refractivity contribution in [3.8, 4) is 0 Å². The number of carbonyl (C=O) groups excluding carboxylic acids is 2. The van der Waals surface area contributed by atoms with Crippen LogP contribution in [0.15, 0.2) is 35.7 Å². The molecule has 6 rings (SSSR count). The van der Waals surface area contributed by atoms with Crippen LogP contribution in [-0.4, -0.2) is 51.7 Å². The molecule has 8 nitrogen and oxygen atoms in total. The summed E-state index contributed by atoms with van der Waals surface area (Å²) >= 11 is 0. The number of carbonyl (C=O) groups is 3. The van der Waals surface area contributed by atoms with Crippen LogP contribution in [0, 0.1) is 56.2 Å². The summed E-state index contributed by atoms with van der Waals surface area (Å²) in [5.41, 5.74) is 1.61. The molecule has 0 bridgehead atoms. The maximum Gasteiger partial charge on any atom is 0.309 e. The second-order valence-electron chi connectivity index (χ2n) is 19.6. The highest BCUT2D eigenvalue weighted by Gasteiger charge is 2.70. The number of aliphatic carboxylic acids is 1. The Bertz CT molecular complexity index is 1570. The maximum atomic E-state index is 14.0. The number of rotatable bonds is 10. The first-order valence-corrected chi connectivity index (χ1v) is 19.7. The van der Waals surface area contributed by atoms with E-state index < -0.39 is 28.9 Å². The van der Waals surface area contributed by atoms with Crippen molar-refractivity contribution < 1.29 is 29.3 Å². The number of hydrogen-bond acceptors (Lipinski definition) is 7. The molecular weight excluding hydrogens is 640 g/mol. The van der Waals surface area contributed by atoms with Crippen LogP contribution in [-0.2, 0) is 25.7 Å². The Morgan fingerprint density at radius 1 is 0.961 bits per heavy atom. The smallest absolute Gasteiger partial charge is 0.309 e. The lowest BCUT2D eigenvalue weighted by molar-refractivity contribution is -0.235. The molecule has 1 aromatic heterocycles. The highest BCUT2D eigenvalue weighted by molar-refractivity contribution is 6.00. The van der Waals surface area contributed by atoms with E-state index in [1.54, 1.807) is 26.2 Å². The van der Waals surface area contributed by atoms with Crippen molar-refractivity contribution in [3.63, 3.8) is 0 Å². The van der Waals surface area contributed by atoms with Gasteiger partial charge in [0.05, 0.1) is 17.9 Å². The number of Topliss-reactive ketones (excluding diaryl/α,β-unsaturated/α-hetero) is 1. The van der Waals surface area contributed by atoms with Gasteiger partial charge in [-0.2, -0.15) is 0 Å². The Balaban J connectivity index is 1.26. The number of aliphatic hydroxyl groups is 1. The molecule has 1 heterocycles. The Kier molecular flexibility index (Phi) is 9.78. The summed E-state index contributed by atoms with van der Waals surface area (Å²) in [7, 11) is 0. The summed E-state index contributed by atoms with van der Waals surface area (Å²) in [5, 5.41) is 25.2. The molecule has 0 amide bonds. The molecule has 0 aliphatic heterocycles. The summed E-state index contributed by atoms with van der Waals surface area (Å²) in [6.45, 7) is 20.7. The minimum atomic E-state index is -1.16. The molecule has 3 N–H and O–H groups in total. The van der Waals surface area contributed by atoms with Gasteiger partial charge in [-0.25, -0.2) is 0 Å². The van der Waals surface area contributed by atoms with E-state index in [4.69, 9.17) is 4.74 Å². The second-order valence-corrected chi connectivity index (χ2v) is 19.6. The lowest BCUT2D eigenvalue weighted by Crippen LogP contribution is -2.66. The number of allylic oxidation sites excluding steroid dienone is 1. The lowest BCUT2D eigenvalue weighted by Gasteiger charge is -2.72. The molecule has 4 saturated carbocycles. The van der Waals surface area contributed by atoms with Crippen LogP contribution in [0.25, 0.3) is 0 Å². The van der Waals surface area contributed by atoms with Crippen molar-refractivity contribution in [2.45, 2.75) is 145 Å². The largest absolute Gasteiger partial charge is 0.481 e. The van der Waals surface area contributed by atoms with E-state index in [-0.39, 0.29) is 51.8 Å². The molecule has 9 atom stereocenters. The topological polar surface area (TPSA) is 126 Å². The standard InChI is InChI=1S/C43H64N2O6/c1-26(2)35-29(46)22-43(32(47)25-45-24-27-14-20-44-21-15-27)19-18-41(8)28(36(35)43)10-11-31-40(7)16-13-33(51-34(48)23-38(3,4)37(49)50)39(5,6)30(40)12-17-42(31,41)9/h14-15,20-21,26,28,30-33,45,47H,10-13,16-19,22-25H2,1-9H3,(H,49,50)/t28-,30+,31-,32+,33+,40+,41-,42-,43+/m1/s1. The number of aromatic nitrogens is 1. The number of ether oxygens (including phenoxy) is 1. The van der Waals surface area contributed by atoms with Crippen LogP contribution in [0.4, 0.5) is 0 Å². The third-order valence-electron chi connectivity index (χ3n) is 15.9. The normalized spacial score (nSPS) is 38.0. The van der Waals surface area contributed by atoms with E-state index in [0.717, 1.165) is 62.5 Å². The zero-order chi connectivity index (χ0) is 37.4. The van der Waals surface area contributed by atoms with Gasteiger partial charge in [0.15, 0.2) is 5.78 Å². The van der Waals surface area contributed by atoms with Gasteiger partial charge in [0.1, 0.15) is 6.10 Å². The highest BCUT2D eigenvalue weighted by atomic mass is 16.5. The molecule has 5 aliphatic rings. The SMILES string of the molecule is CC(C)C1=C2[C@H]3CC[C@@H]4[C@@]5(C)CC[C@H](OC(=O)CC(C)(C)C(=O)O)C(C)(C)[C@@H]5CC[C@@]4(C)[C@]3(C)CC[C@@]2([C@@H](O)CNCc2ccncc2)CC1=O. The van der Waals surface area contributed by atoms with Gasteiger partial charge in [0, 0.05) is 42.7 Å². The van der Waals surface area contributed by atoms with Gasteiger partial charge in [-0.15, -0.1) is 0 Å². The zero-order valence-electron chi connectivity index (χ0n) is 32.7. The van der Waals surface area contributed by atoms with Gasteiger partial charge in [-0.3, -0.25) is 19.4 Å². The first-order valence-electron chi connectivity index (χ1n) is 19.7. The van der Waals surface area contributed by atoms with Gasteiger partial charge < -0.3 is 20.3 Å². The number of ketones is 1. The molecule has 0 saturated heterocycles. The van der Waals surface area contributed by atoms with Crippen molar-refractivity contribution in [1.82, 2.24) is 10.3 Å². The van der Waals surface area contributed by atoms with Crippen molar-refractivity contribution >= 4 is 17.7 Å². The third kappa shape index (κ3) is 5.93. The van der Waals surface area contributed by atoms with Crippen LogP contribution in [0.1, 0.15) is 132 Å². The molecule has 4 fully saturated rings. The Labute approximate surface area is 306 Å². The van der Waals surface area contributed by atoms with E-state index in [1.807, 2.05) is 12.1 Å². The van der Waals surface area contributed by atoms with Crippen molar-refractivity contribution in [3.05, 3.63) is 41.2 Å². The molecule has 282 valence electrons. The van der Waals surface area contributed by atoms with Crippen LogP contribution < -0.4 is 5.32 Å². The number of nitrogens with one attached hydrogen (secondary N) is 1. The van der Waals surface area contributed by atoms with Gasteiger partial charge in [0.25, 0.3) is 0 Å². The fourth-order valence-electron chi connectivity index (χ4n) is 13.0. The monoisotopic (exact) mass is 704 g/mol. The molecule has 0 unspecified atom stereocenters. The van der Waals surface area contributed by atoms with Crippen LogP contribution in [0.2, 0.25) is 0 Å². The summed E-state index contributed by atoms with van der Waals surface area (Å²) in [6, 6.07) is 3.98. The zero-order valence-corrected chi connectivity index (χ0v) is 32.7. The quantitative estimate of drug-likeness (QED) is 0.210. The summed E-state index contributed by atoms with van der Waals surface area (Å²) in [6.07, 6.45) is 10.8. The molecular formula is C43H64N2O6.